The molecule has 2 rings (SSSR count). The van der Waals surface area contributed by atoms with Crippen molar-refractivity contribution in [3.63, 3.8) is 0 Å². The molecular formula is C9H6ClN3O. The van der Waals surface area contributed by atoms with Crippen LogP contribution in [0.4, 0.5) is 5.69 Å². The van der Waals surface area contributed by atoms with Gasteiger partial charge in [0.2, 0.25) is 0 Å². The molecule has 0 aliphatic carbocycles. The molecule has 4 nitrogen and oxygen atoms in total. The van der Waals surface area contributed by atoms with Crippen molar-refractivity contribution in [2.45, 2.75) is 6.92 Å². The molecule has 0 radical (unpaired) electrons. The second-order valence-electron chi connectivity index (χ2n) is 2.89. The largest absolute Gasteiger partial charge is 0.460 e. The summed E-state index contributed by atoms with van der Waals surface area (Å²) in [6.45, 7) is 1.84. The molecule has 1 aromatic carbocycles. The van der Waals surface area contributed by atoms with Crippen molar-refractivity contribution in [1.82, 2.24) is 0 Å². The van der Waals surface area contributed by atoms with Crippen LogP contribution in [0.15, 0.2) is 27.7 Å². The summed E-state index contributed by atoms with van der Waals surface area (Å²) in [5.41, 5.74) is 9.40. The Morgan fingerprint density at radius 1 is 1.43 bits per heavy atom. The van der Waals surface area contributed by atoms with Gasteiger partial charge in [-0.25, -0.2) is 0 Å². The van der Waals surface area contributed by atoms with Crippen molar-refractivity contribution in [3.8, 4) is 0 Å². The minimum absolute atomic E-state index is 0.456. The average molecular weight is 208 g/mol. The van der Waals surface area contributed by atoms with Crippen LogP contribution in [0.1, 0.15) is 5.76 Å². The van der Waals surface area contributed by atoms with Gasteiger partial charge in [0.25, 0.3) is 0 Å². The smallest absolute Gasteiger partial charge is 0.152 e. The second-order valence-corrected chi connectivity index (χ2v) is 3.30. The van der Waals surface area contributed by atoms with Crippen molar-refractivity contribution in [2.75, 3.05) is 0 Å². The molecule has 0 aliphatic rings. The topological polar surface area (TPSA) is 61.9 Å². The number of azide groups is 1. The molecule has 0 spiro atoms. The molecule has 2 aromatic rings. The van der Waals surface area contributed by atoms with Gasteiger partial charge in [0.05, 0.1) is 5.02 Å². The second kappa shape index (κ2) is 3.25. The lowest BCUT2D eigenvalue weighted by Gasteiger charge is -1.94. The normalized spacial score (nSPS) is 10.1. The molecule has 0 unspecified atom stereocenters. The number of hydrogen-bond acceptors (Lipinski definition) is 2. The number of fused-ring (bicyclic) bond motifs is 1. The highest BCUT2D eigenvalue weighted by Crippen LogP contribution is 2.31. The van der Waals surface area contributed by atoms with E-state index in [0.29, 0.717) is 16.3 Å². The number of benzene rings is 1. The Morgan fingerprint density at radius 2 is 2.21 bits per heavy atom. The van der Waals surface area contributed by atoms with E-state index in [1.165, 1.54) is 0 Å². The number of hydrogen-bond donors (Lipinski definition) is 0. The van der Waals surface area contributed by atoms with Crippen molar-refractivity contribution in [1.29, 1.82) is 0 Å². The van der Waals surface area contributed by atoms with Gasteiger partial charge in [0.15, 0.2) is 5.58 Å². The first-order valence-electron chi connectivity index (χ1n) is 3.95. The Labute approximate surface area is 84.7 Å². The van der Waals surface area contributed by atoms with Crippen LogP contribution in [0, 0.1) is 6.92 Å². The van der Waals surface area contributed by atoms with Gasteiger partial charge in [-0.1, -0.05) is 16.7 Å². The van der Waals surface area contributed by atoms with Gasteiger partial charge >= 0.3 is 0 Å². The van der Waals surface area contributed by atoms with Crippen LogP contribution >= 0.6 is 11.6 Å². The third-order valence-corrected chi connectivity index (χ3v) is 2.12. The Balaban J connectivity index is 2.77. The van der Waals surface area contributed by atoms with Crippen molar-refractivity contribution < 1.29 is 4.42 Å². The van der Waals surface area contributed by atoms with Gasteiger partial charge < -0.3 is 4.42 Å². The molecule has 0 N–H and O–H groups in total. The number of nitrogens with zero attached hydrogens (tertiary/aromatic N) is 3. The van der Waals surface area contributed by atoms with Crippen molar-refractivity contribution >= 4 is 28.3 Å². The number of rotatable bonds is 1. The third-order valence-electron chi connectivity index (χ3n) is 1.84. The highest BCUT2D eigenvalue weighted by Gasteiger charge is 2.06. The Morgan fingerprint density at radius 3 is 2.93 bits per heavy atom. The summed E-state index contributed by atoms with van der Waals surface area (Å²) in [6, 6.07) is 5.15. The molecule has 0 amide bonds. The monoisotopic (exact) mass is 207 g/mol. The molecule has 0 atom stereocenters. The van der Waals surface area contributed by atoms with E-state index < -0.39 is 0 Å². The standard InChI is InChI=1S/C9H6ClN3O/c1-5-2-6-3-7(12-13-11)4-8(10)9(6)14-5/h2-4H,1H3. The van der Waals surface area contributed by atoms with E-state index in [9.17, 15) is 0 Å². The SMILES string of the molecule is Cc1cc2cc(N=[N+]=[N-])cc(Cl)c2o1. The van der Waals surface area contributed by atoms with E-state index in [0.717, 1.165) is 11.1 Å². The third kappa shape index (κ3) is 1.41. The quantitative estimate of drug-likeness (QED) is 0.390. The zero-order valence-electron chi connectivity index (χ0n) is 7.36. The van der Waals surface area contributed by atoms with E-state index >= 15 is 0 Å². The van der Waals surface area contributed by atoms with Gasteiger partial charge in [0, 0.05) is 16.0 Å². The number of furan rings is 1. The van der Waals surface area contributed by atoms with Crippen LogP contribution in [0.25, 0.3) is 21.4 Å². The summed E-state index contributed by atoms with van der Waals surface area (Å²) in [6.07, 6.45) is 0. The van der Waals surface area contributed by atoms with Crippen LogP contribution in [-0.4, -0.2) is 0 Å². The lowest BCUT2D eigenvalue weighted by Crippen LogP contribution is -1.67. The van der Waals surface area contributed by atoms with E-state index in [1.54, 1.807) is 12.1 Å². The first-order chi connectivity index (χ1) is 6.70. The molecule has 0 fully saturated rings. The number of halogens is 1. The maximum absolute atomic E-state index is 8.28. The zero-order chi connectivity index (χ0) is 10.1. The van der Waals surface area contributed by atoms with Crippen molar-refractivity contribution in [3.05, 3.63) is 39.4 Å². The molecule has 14 heavy (non-hydrogen) atoms. The fourth-order valence-corrected chi connectivity index (χ4v) is 1.59. The predicted molar refractivity (Wildman–Crippen MR) is 54.8 cm³/mol. The Kier molecular flexibility index (Phi) is 2.08. The Hall–Kier alpha value is -1.64. The van der Waals surface area contributed by atoms with E-state index in [1.807, 2.05) is 13.0 Å². The van der Waals surface area contributed by atoms with Gasteiger partial charge in [-0.2, -0.15) is 0 Å². The van der Waals surface area contributed by atoms with Gasteiger partial charge in [-0.15, -0.1) is 0 Å². The van der Waals surface area contributed by atoms with Gasteiger partial charge in [0.1, 0.15) is 5.76 Å². The molecule has 1 aromatic heterocycles. The molecule has 0 aliphatic heterocycles. The molecule has 0 saturated carbocycles. The minimum Gasteiger partial charge on any atom is -0.460 e. The van der Waals surface area contributed by atoms with Crippen LogP contribution < -0.4 is 0 Å². The van der Waals surface area contributed by atoms with E-state index in [2.05, 4.69) is 10.0 Å². The zero-order valence-corrected chi connectivity index (χ0v) is 8.12. The first kappa shape index (κ1) is 8.94. The Bertz CT molecular complexity index is 540. The summed E-state index contributed by atoms with van der Waals surface area (Å²) in [5, 5.41) is 4.78. The highest BCUT2D eigenvalue weighted by molar-refractivity contribution is 6.35. The van der Waals surface area contributed by atoms with E-state index in [-0.39, 0.29) is 0 Å². The summed E-state index contributed by atoms with van der Waals surface area (Å²) < 4.78 is 5.37. The molecule has 1 heterocycles. The summed E-state index contributed by atoms with van der Waals surface area (Å²) in [5.74, 6) is 0.778. The van der Waals surface area contributed by atoms with Crippen molar-refractivity contribution in [2.24, 2.45) is 5.11 Å². The van der Waals surface area contributed by atoms with Crippen LogP contribution in [0.5, 0.6) is 0 Å². The predicted octanol–water partition coefficient (Wildman–Crippen LogP) is 4.34. The van der Waals surface area contributed by atoms with Gasteiger partial charge in [-0.3, -0.25) is 0 Å². The number of aryl methyl sites for hydroxylation is 1. The van der Waals surface area contributed by atoms with E-state index in [4.69, 9.17) is 21.5 Å². The summed E-state index contributed by atoms with van der Waals surface area (Å²) >= 11 is 5.93. The maximum Gasteiger partial charge on any atom is 0.152 e. The molecular weight excluding hydrogens is 202 g/mol. The fourth-order valence-electron chi connectivity index (χ4n) is 1.33. The van der Waals surface area contributed by atoms with Crippen LogP contribution in [0.3, 0.4) is 0 Å². The van der Waals surface area contributed by atoms with Gasteiger partial charge in [-0.05, 0) is 30.7 Å². The van der Waals surface area contributed by atoms with Crippen LogP contribution in [0.2, 0.25) is 5.02 Å². The summed E-state index contributed by atoms with van der Waals surface area (Å²) in [7, 11) is 0. The van der Waals surface area contributed by atoms with Crippen LogP contribution in [-0.2, 0) is 0 Å². The maximum atomic E-state index is 8.28. The lowest BCUT2D eigenvalue weighted by atomic mass is 10.2. The first-order valence-corrected chi connectivity index (χ1v) is 4.33. The summed E-state index contributed by atoms with van der Waals surface area (Å²) in [4.78, 5) is 2.70. The molecule has 0 saturated heterocycles. The minimum atomic E-state index is 0.456. The fraction of sp³-hybridized carbons (Fsp3) is 0.111. The highest BCUT2D eigenvalue weighted by atomic mass is 35.5. The lowest BCUT2D eigenvalue weighted by molar-refractivity contribution is 0.578. The molecule has 70 valence electrons. The molecule has 0 bridgehead atoms. The molecule has 5 heteroatoms. The average Bonchev–Trinajstić information content (AvgIpc) is 2.47.